The number of para-hydroxylation sites is 1. The highest BCUT2D eigenvalue weighted by Crippen LogP contribution is 2.28. The number of nitrogen functional groups attached to an aromatic ring is 1. The number of benzene rings is 1. The Morgan fingerprint density at radius 2 is 2.25 bits per heavy atom. The third kappa shape index (κ3) is 2.03. The summed E-state index contributed by atoms with van der Waals surface area (Å²) in [5.41, 5.74) is 5.99. The highest BCUT2D eigenvalue weighted by molar-refractivity contribution is 6.33. The molecule has 0 radical (unpaired) electrons. The molecule has 0 spiro atoms. The topological polar surface area (TPSA) is 55.5 Å². The van der Waals surface area contributed by atoms with Crippen LogP contribution in [0.2, 0.25) is 5.02 Å². The van der Waals surface area contributed by atoms with Crippen molar-refractivity contribution in [1.82, 2.24) is 0 Å². The average Bonchev–Trinajstić information content (AvgIpc) is 2.08. The van der Waals surface area contributed by atoms with E-state index in [1.807, 2.05) is 0 Å². The van der Waals surface area contributed by atoms with Crippen molar-refractivity contribution < 1.29 is 9.84 Å². The molecule has 1 aromatic rings. The maximum Gasteiger partial charge on any atom is 0.143 e. The van der Waals surface area contributed by atoms with Gasteiger partial charge in [0.1, 0.15) is 12.4 Å². The second kappa shape index (κ2) is 4.18. The first kappa shape index (κ1) is 9.16. The van der Waals surface area contributed by atoms with Gasteiger partial charge in [-0.05, 0) is 12.1 Å². The lowest BCUT2D eigenvalue weighted by Crippen LogP contribution is -2.03. The van der Waals surface area contributed by atoms with Crippen molar-refractivity contribution in [1.29, 1.82) is 0 Å². The second-order valence-corrected chi connectivity index (χ2v) is 2.63. The maximum atomic E-state index is 8.49. The molecule has 3 N–H and O–H groups in total. The minimum atomic E-state index is -0.0358. The van der Waals surface area contributed by atoms with Gasteiger partial charge in [0.15, 0.2) is 0 Å². The van der Waals surface area contributed by atoms with Crippen LogP contribution in [0.25, 0.3) is 0 Å². The highest BCUT2D eigenvalue weighted by atomic mass is 35.5. The summed E-state index contributed by atoms with van der Waals surface area (Å²) in [5, 5.41) is 8.95. The van der Waals surface area contributed by atoms with Gasteiger partial charge >= 0.3 is 0 Å². The molecule has 0 aliphatic rings. The lowest BCUT2D eigenvalue weighted by atomic mass is 10.3. The summed E-state index contributed by atoms with van der Waals surface area (Å²) in [6.07, 6.45) is 0. The van der Waals surface area contributed by atoms with E-state index in [4.69, 9.17) is 27.2 Å². The summed E-state index contributed by atoms with van der Waals surface area (Å²) in [6, 6.07) is 5.13. The standard InChI is InChI=1S/C8H10ClNO2/c9-6-2-1-3-7(8(6)10)12-5-4-11/h1-3,11H,4-5,10H2. The minimum Gasteiger partial charge on any atom is -0.489 e. The van der Waals surface area contributed by atoms with E-state index in [0.29, 0.717) is 16.5 Å². The Morgan fingerprint density at radius 3 is 2.92 bits per heavy atom. The van der Waals surface area contributed by atoms with Gasteiger partial charge in [-0.2, -0.15) is 0 Å². The van der Waals surface area contributed by atoms with Gasteiger partial charge in [-0.25, -0.2) is 0 Å². The first-order chi connectivity index (χ1) is 5.75. The Morgan fingerprint density at radius 1 is 1.50 bits per heavy atom. The van der Waals surface area contributed by atoms with Crippen LogP contribution in [0.15, 0.2) is 18.2 Å². The van der Waals surface area contributed by atoms with Crippen LogP contribution >= 0.6 is 11.6 Å². The Labute approximate surface area is 75.7 Å². The molecule has 0 saturated heterocycles. The Kier molecular flexibility index (Phi) is 3.19. The predicted octanol–water partition coefficient (Wildman–Crippen LogP) is 1.29. The molecule has 4 heteroatoms. The van der Waals surface area contributed by atoms with E-state index in [-0.39, 0.29) is 13.2 Å². The molecule has 0 aliphatic carbocycles. The van der Waals surface area contributed by atoms with Crippen LogP contribution in [0.1, 0.15) is 0 Å². The van der Waals surface area contributed by atoms with Crippen LogP contribution in [0.4, 0.5) is 5.69 Å². The molecule has 0 atom stereocenters. The number of halogens is 1. The van der Waals surface area contributed by atoms with Gasteiger partial charge in [0.2, 0.25) is 0 Å². The van der Waals surface area contributed by atoms with Crippen molar-refractivity contribution in [3.63, 3.8) is 0 Å². The fourth-order valence-corrected chi connectivity index (χ4v) is 0.965. The van der Waals surface area contributed by atoms with Crippen molar-refractivity contribution in [3.05, 3.63) is 23.2 Å². The zero-order valence-electron chi connectivity index (χ0n) is 6.46. The molecular formula is C8H10ClNO2. The number of hydrogen-bond donors (Lipinski definition) is 2. The molecule has 66 valence electrons. The van der Waals surface area contributed by atoms with Crippen molar-refractivity contribution in [2.45, 2.75) is 0 Å². The number of hydrogen-bond acceptors (Lipinski definition) is 3. The molecule has 0 aromatic heterocycles. The third-order valence-electron chi connectivity index (χ3n) is 1.36. The summed E-state index contributed by atoms with van der Waals surface area (Å²) >= 11 is 5.73. The van der Waals surface area contributed by atoms with E-state index in [1.165, 1.54) is 0 Å². The monoisotopic (exact) mass is 187 g/mol. The summed E-state index contributed by atoms with van der Waals surface area (Å²) in [6.45, 7) is 0.191. The van der Waals surface area contributed by atoms with Crippen molar-refractivity contribution in [2.24, 2.45) is 0 Å². The Hall–Kier alpha value is -0.930. The van der Waals surface area contributed by atoms with Gasteiger partial charge in [-0.3, -0.25) is 0 Å². The molecule has 0 aliphatic heterocycles. The molecule has 12 heavy (non-hydrogen) atoms. The molecule has 0 saturated carbocycles. The van der Waals surface area contributed by atoms with Gasteiger partial charge in [-0.15, -0.1) is 0 Å². The van der Waals surface area contributed by atoms with Gasteiger partial charge in [0, 0.05) is 0 Å². The SMILES string of the molecule is Nc1c(Cl)cccc1OCCO. The number of nitrogens with two attached hydrogens (primary N) is 1. The maximum absolute atomic E-state index is 8.49. The van der Waals surface area contributed by atoms with Crippen LogP contribution < -0.4 is 10.5 Å². The van der Waals surface area contributed by atoms with E-state index in [2.05, 4.69) is 0 Å². The predicted molar refractivity (Wildman–Crippen MR) is 48.4 cm³/mol. The van der Waals surface area contributed by atoms with Gasteiger partial charge < -0.3 is 15.6 Å². The first-order valence-corrected chi connectivity index (χ1v) is 3.91. The zero-order chi connectivity index (χ0) is 8.97. The third-order valence-corrected chi connectivity index (χ3v) is 1.69. The molecule has 0 heterocycles. The Bertz CT molecular complexity index is 265. The van der Waals surface area contributed by atoms with Gasteiger partial charge in [0.05, 0.1) is 17.3 Å². The van der Waals surface area contributed by atoms with E-state index in [0.717, 1.165) is 0 Å². The summed E-state index contributed by atoms with van der Waals surface area (Å²) in [7, 11) is 0. The summed E-state index contributed by atoms with van der Waals surface area (Å²) in [5.74, 6) is 0.511. The van der Waals surface area contributed by atoms with E-state index in [9.17, 15) is 0 Å². The van der Waals surface area contributed by atoms with Gasteiger partial charge in [0.25, 0.3) is 0 Å². The van der Waals surface area contributed by atoms with Crippen molar-refractivity contribution >= 4 is 17.3 Å². The van der Waals surface area contributed by atoms with E-state index < -0.39 is 0 Å². The molecule has 0 amide bonds. The molecule has 0 fully saturated rings. The molecular weight excluding hydrogens is 178 g/mol. The highest BCUT2D eigenvalue weighted by Gasteiger charge is 2.02. The number of anilines is 1. The normalized spacial score (nSPS) is 9.83. The largest absolute Gasteiger partial charge is 0.489 e. The lowest BCUT2D eigenvalue weighted by Gasteiger charge is -2.07. The number of ether oxygens (including phenoxy) is 1. The molecule has 1 rings (SSSR count). The van der Waals surface area contributed by atoms with Gasteiger partial charge in [-0.1, -0.05) is 17.7 Å². The van der Waals surface area contributed by atoms with Crippen LogP contribution in [0.3, 0.4) is 0 Å². The zero-order valence-corrected chi connectivity index (χ0v) is 7.21. The molecule has 3 nitrogen and oxygen atoms in total. The summed E-state index contributed by atoms with van der Waals surface area (Å²) in [4.78, 5) is 0. The number of aliphatic hydroxyl groups is 1. The smallest absolute Gasteiger partial charge is 0.143 e. The van der Waals surface area contributed by atoms with E-state index in [1.54, 1.807) is 18.2 Å². The fourth-order valence-electron chi connectivity index (χ4n) is 0.799. The number of rotatable bonds is 3. The number of aliphatic hydroxyl groups excluding tert-OH is 1. The average molecular weight is 188 g/mol. The van der Waals surface area contributed by atoms with Crippen LogP contribution in [0.5, 0.6) is 5.75 Å². The Balaban J connectivity index is 2.78. The van der Waals surface area contributed by atoms with E-state index >= 15 is 0 Å². The fraction of sp³-hybridized carbons (Fsp3) is 0.250. The first-order valence-electron chi connectivity index (χ1n) is 3.53. The van der Waals surface area contributed by atoms with Crippen molar-refractivity contribution in [3.8, 4) is 5.75 Å². The molecule has 1 aromatic carbocycles. The van der Waals surface area contributed by atoms with Crippen molar-refractivity contribution in [2.75, 3.05) is 18.9 Å². The van der Waals surface area contributed by atoms with Crippen LogP contribution in [-0.2, 0) is 0 Å². The summed E-state index contributed by atoms with van der Waals surface area (Å²) < 4.78 is 5.11. The molecule has 0 bridgehead atoms. The molecule has 0 unspecified atom stereocenters. The second-order valence-electron chi connectivity index (χ2n) is 2.22. The minimum absolute atomic E-state index is 0.0358. The van der Waals surface area contributed by atoms with Crippen LogP contribution in [0, 0.1) is 0 Å². The lowest BCUT2D eigenvalue weighted by molar-refractivity contribution is 0.202. The quantitative estimate of drug-likeness (QED) is 0.702. The van der Waals surface area contributed by atoms with Crippen LogP contribution in [-0.4, -0.2) is 18.3 Å².